The minimum Gasteiger partial charge on any atom is -0.332 e. The molecule has 0 bridgehead atoms. The Hall–Kier alpha value is -2.69. The second-order valence-corrected chi connectivity index (χ2v) is 8.44. The van der Waals surface area contributed by atoms with E-state index in [1.807, 2.05) is 25.1 Å². The average molecular weight is 425 g/mol. The molecular weight excluding hydrogens is 392 g/mol. The molecule has 1 atom stereocenters. The average Bonchev–Trinajstić information content (AvgIpc) is 3.11. The molecule has 1 fully saturated rings. The number of imide groups is 1. The molecule has 1 unspecified atom stereocenters. The molecule has 4 N–H and O–H groups in total. The van der Waals surface area contributed by atoms with Gasteiger partial charge in [0.05, 0.1) is 0 Å². The lowest BCUT2D eigenvalue weighted by Gasteiger charge is -2.26. The van der Waals surface area contributed by atoms with E-state index in [1.54, 1.807) is 4.90 Å². The summed E-state index contributed by atoms with van der Waals surface area (Å²) in [5.41, 5.74) is 8.19. The lowest BCUT2D eigenvalue weighted by molar-refractivity contribution is -0.125. The van der Waals surface area contributed by atoms with E-state index in [9.17, 15) is 14.4 Å². The maximum absolute atomic E-state index is 12.8. The largest absolute Gasteiger partial charge is 0.332 e. The highest BCUT2D eigenvalue weighted by molar-refractivity contribution is 5.98. The van der Waals surface area contributed by atoms with Crippen molar-refractivity contribution in [1.82, 2.24) is 15.5 Å². The SMILES string of the molecule is CC(CCC(=O)NC=O)N1Cc2cc(C#CC3CCC(NCCN)CC3)ccc2C1=O. The summed E-state index contributed by atoms with van der Waals surface area (Å²) in [6.07, 6.45) is 5.57. The maximum atomic E-state index is 12.8. The van der Waals surface area contributed by atoms with Crippen LogP contribution in [0.4, 0.5) is 0 Å². The zero-order valence-corrected chi connectivity index (χ0v) is 18.2. The van der Waals surface area contributed by atoms with Crippen molar-refractivity contribution in [2.75, 3.05) is 13.1 Å². The van der Waals surface area contributed by atoms with Crippen LogP contribution in [0.5, 0.6) is 0 Å². The fourth-order valence-corrected chi connectivity index (χ4v) is 4.33. The van der Waals surface area contributed by atoms with Crippen LogP contribution in [0.25, 0.3) is 0 Å². The van der Waals surface area contributed by atoms with Gasteiger partial charge in [0.15, 0.2) is 0 Å². The van der Waals surface area contributed by atoms with Gasteiger partial charge in [-0.05, 0) is 62.8 Å². The van der Waals surface area contributed by atoms with Gasteiger partial charge < -0.3 is 16.0 Å². The Morgan fingerprint density at radius 3 is 2.81 bits per heavy atom. The minimum atomic E-state index is -0.326. The van der Waals surface area contributed by atoms with Crippen LogP contribution < -0.4 is 16.4 Å². The van der Waals surface area contributed by atoms with E-state index in [0.29, 0.717) is 43.4 Å². The van der Waals surface area contributed by atoms with Crippen molar-refractivity contribution in [3.8, 4) is 11.8 Å². The van der Waals surface area contributed by atoms with Crippen LogP contribution in [0.15, 0.2) is 18.2 Å². The van der Waals surface area contributed by atoms with Crippen LogP contribution in [-0.4, -0.2) is 48.3 Å². The number of hydrogen-bond acceptors (Lipinski definition) is 5. The molecule has 1 aromatic rings. The highest BCUT2D eigenvalue weighted by Gasteiger charge is 2.30. The minimum absolute atomic E-state index is 0.0129. The maximum Gasteiger partial charge on any atom is 0.254 e. The number of fused-ring (bicyclic) bond motifs is 1. The number of nitrogens with two attached hydrogens (primary N) is 1. The third-order valence-electron chi connectivity index (χ3n) is 6.20. The van der Waals surface area contributed by atoms with Gasteiger partial charge in [-0.1, -0.05) is 11.8 Å². The van der Waals surface area contributed by atoms with Crippen LogP contribution in [0.2, 0.25) is 0 Å². The first kappa shape index (κ1) is 23.0. The Labute approximate surface area is 184 Å². The van der Waals surface area contributed by atoms with Crippen LogP contribution in [-0.2, 0) is 16.1 Å². The van der Waals surface area contributed by atoms with Gasteiger partial charge in [-0.3, -0.25) is 19.7 Å². The molecule has 166 valence electrons. The van der Waals surface area contributed by atoms with Crippen molar-refractivity contribution < 1.29 is 14.4 Å². The molecule has 1 saturated carbocycles. The highest BCUT2D eigenvalue weighted by Crippen LogP contribution is 2.27. The van der Waals surface area contributed by atoms with Crippen molar-refractivity contribution in [1.29, 1.82) is 0 Å². The van der Waals surface area contributed by atoms with Gasteiger partial charge in [0, 0.05) is 55.2 Å². The number of benzene rings is 1. The van der Waals surface area contributed by atoms with Gasteiger partial charge in [-0.2, -0.15) is 0 Å². The predicted molar refractivity (Wildman–Crippen MR) is 119 cm³/mol. The first-order valence-electron chi connectivity index (χ1n) is 11.1. The molecule has 1 heterocycles. The monoisotopic (exact) mass is 424 g/mol. The number of carbonyl (C=O) groups excluding carboxylic acids is 3. The smallest absolute Gasteiger partial charge is 0.254 e. The van der Waals surface area contributed by atoms with Crippen molar-refractivity contribution in [2.45, 2.75) is 64.1 Å². The lowest BCUT2D eigenvalue weighted by atomic mass is 9.86. The summed E-state index contributed by atoms with van der Waals surface area (Å²) >= 11 is 0. The zero-order valence-electron chi connectivity index (χ0n) is 18.2. The zero-order chi connectivity index (χ0) is 22.2. The third kappa shape index (κ3) is 6.16. The molecule has 3 amide bonds. The van der Waals surface area contributed by atoms with Gasteiger partial charge in [-0.25, -0.2) is 0 Å². The first-order chi connectivity index (χ1) is 15.0. The molecule has 2 aliphatic rings. The molecule has 7 nitrogen and oxygen atoms in total. The molecule has 0 aromatic heterocycles. The van der Waals surface area contributed by atoms with Gasteiger partial charge in [0.1, 0.15) is 0 Å². The van der Waals surface area contributed by atoms with Crippen LogP contribution in [0.3, 0.4) is 0 Å². The summed E-state index contributed by atoms with van der Waals surface area (Å²) < 4.78 is 0. The molecule has 0 spiro atoms. The van der Waals surface area contributed by atoms with Crippen molar-refractivity contribution in [2.24, 2.45) is 11.7 Å². The second-order valence-electron chi connectivity index (χ2n) is 8.44. The second kappa shape index (κ2) is 11.1. The normalized spacial score (nSPS) is 21.1. The fourth-order valence-electron chi connectivity index (χ4n) is 4.33. The summed E-state index contributed by atoms with van der Waals surface area (Å²) in [6, 6.07) is 6.27. The van der Waals surface area contributed by atoms with Gasteiger partial charge in [0.25, 0.3) is 5.91 Å². The summed E-state index contributed by atoms with van der Waals surface area (Å²) in [6.45, 7) is 4.00. The number of amides is 3. The number of nitrogens with one attached hydrogen (secondary N) is 2. The predicted octanol–water partition coefficient (Wildman–Crippen LogP) is 1.54. The molecule has 3 rings (SSSR count). The van der Waals surface area contributed by atoms with Crippen LogP contribution in [0.1, 0.15) is 66.9 Å². The number of nitrogens with zero attached hydrogens (tertiary/aromatic N) is 1. The van der Waals surface area contributed by atoms with Crippen molar-refractivity contribution in [3.05, 3.63) is 34.9 Å². The summed E-state index contributed by atoms with van der Waals surface area (Å²) in [5, 5.41) is 5.62. The van der Waals surface area contributed by atoms with E-state index in [4.69, 9.17) is 5.73 Å². The Morgan fingerprint density at radius 1 is 1.32 bits per heavy atom. The van der Waals surface area contributed by atoms with Gasteiger partial charge in [-0.15, -0.1) is 0 Å². The number of hydrogen-bond donors (Lipinski definition) is 3. The molecule has 0 saturated heterocycles. The third-order valence-corrected chi connectivity index (χ3v) is 6.20. The Balaban J connectivity index is 1.55. The summed E-state index contributed by atoms with van der Waals surface area (Å²) in [7, 11) is 0. The summed E-state index contributed by atoms with van der Waals surface area (Å²) in [5.74, 6) is 6.81. The molecule has 0 radical (unpaired) electrons. The standard InChI is InChI=1S/C24H32N4O3/c1-17(2-11-23(30)27-16-29)28-15-20-14-19(7-10-22(20)24(28)31)4-3-18-5-8-21(9-6-18)26-13-12-25/h7,10,14,16-18,21,26H,2,5-6,8-9,11-13,15,25H2,1H3,(H,27,29,30). The van der Waals surface area contributed by atoms with Crippen LogP contribution in [0, 0.1) is 17.8 Å². The molecule has 1 aromatic carbocycles. The Morgan fingerprint density at radius 2 is 2.10 bits per heavy atom. The Kier molecular flexibility index (Phi) is 8.21. The van der Waals surface area contributed by atoms with Crippen molar-refractivity contribution in [3.63, 3.8) is 0 Å². The molecule has 31 heavy (non-hydrogen) atoms. The summed E-state index contributed by atoms with van der Waals surface area (Å²) in [4.78, 5) is 36.4. The highest BCUT2D eigenvalue weighted by atomic mass is 16.2. The quantitative estimate of drug-likeness (QED) is 0.434. The van der Waals surface area contributed by atoms with Gasteiger partial charge >= 0.3 is 0 Å². The molecule has 7 heteroatoms. The van der Waals surface area contributed by atoms with E-state index in [1.165, 1.54) is 0 Å². The van der Waals surface area contributed by atoms with E-state index >= 15 is 0 Å². The molecular formula is C24H32N4O3. The fraction of sp³-hybridized carbons (Fsp3) is 0.542. The molecule has 1 aliphatic heterocycles. The van der Waals surface area contributed by atoms with E-state index in [2.05, 4.69) is 22.5 Å². The number of carbonyl (C=O) groups is 3. The molecule has 1 aliphatic carbocycles. The van der Waals surface area contributed by atoms with Gasteiger partial charge in [0.2, 0.25) is 12.3 Å². The first-order valence-corrected chi connectivity index (χ1v) is 11.1. The topological polar surface area (TPSA) is 105 Å². The number of rotatable bonds is 8. The van der Waals surface area contributed by atoms with Crippen LogP contribution >= 0.6 is 0 Å². The van der Waals surface area contributed by atoms with E-state index < -0.39 is 0 Å². The van der Waals surface area contributed by atoms with Crippen molar-refractivity contribution >= 4 is 18.2 Å². The lowest BCUT2D eigenvalue weighted by Crippen LogP contribution is -2.36. The van der Waals surface area contributed by atoms with E-state index in [-0.39, 0.29) is 24.3 Å². The van der Waals surface area contributed by atoms with E-state index in [0.717, 1.165) is 43.4 Å². The Bertz CT molecular complexity index is 865.